The van der Waals surface area contributed by atoms with E-state index in [-0.39, 0.29) is 5.70 Å². The van der Waals surface area contributed by atoms with Gasteiger partial charge in [-0.05, 0) is 16.5 Å². The van der Waals surface area contributed by atoms with Crippen molar-refractivity contribution in [2.75, 3.05) is 19.9 Å². The normalized spacial score (nSPS) is 19.5. The van der Waals surface area contributed by atoms with Crippen molar-refractivity contribution in [2.45, 2.75) is 0 Å². The number of hydrogen-bond donors (Lipinski definition) is 0. The number of esters is 1. The predicted molar refractivity (Wildman–Crippen MR) is 74.6 cm³/mol. The summed E-state index contributed by atoms with van der Waals surface area (Å²) in [5.41, 5.74) is 0.790. The maximum atomic E-state index is 11.7. The zero-order valence-electron chi connectivity index (χ0n) is 10.0. The predicted octanol–water partition coefficient (Wildman–Crippen LogP) is 0.913. The van der Waals surface area contributed by atoms with E-state index in [2.05, 4.69) is 20.8 Å². The van der Waals surface area contributed by atoms with Crippen molar-refractivity contribution >= 4 is 41.7 Å². The van der Waals surface area contributed by atoms with E-state index in [0.717, 1.165) is 0 Å². The summed E-state index contributed by atoms with van der Waals surface area (Å²) in [4.78, 5) is 15.0. The summed E-state index contributed by atoms with van der Waals surface area (Å²) in [5, 5.41) is 1.74. The third-order valence-electron chi connectivity index (χ3n) is 1.96. The second-order valence-electron chi connectivity index (χ2n) is 3.11. The lowest BCUT2D eigenvalue weighted by atomic mass is 10.3. The van der Waals surface area contributed by atoms with Crippen LogP contribution in [-0.4, -0.2) is 47.2 Å². The van der Waals surface area contributed by atoms with Gasteiger partial charge in [-0.2, -0.15) is 4.31 Å². The number of ether oxygens (including phenoxy) is 1. The monoisotopic (exact) mass is 287 g/mol. The molecule has 0 saturated heterocycles. The largest absolute Gasteiger partial charge is 0.566 e. The molecular weight excluding hydrogens is 274 g/mol. The summed E-state index contributed by atoms with van der Waals surface area (Å²) in [6.07, 6.45) is 3.11. The van der Waals surface area contributed by atoms with Crippen molar-refractivity contribution in [2.24, 2.45) is 9.39 Å². The fourth-order valence-corrected chi connectivity index (χ4v) is 2.50. The van der Waals surface area contributed by atoms with Crippen LogP contribution in [0.3, 0.4) is 0 Å². The average Bonchev–Trinajstić information content (AvgIpc) is 2.37. The Hall–Kier alpha value is -1.25. The van der Waals surface area contributed by atoms with Crippen LogP contribution in [0.1, 0.15) is 0 Å². The Labute approximate surface area is 113 Å². The molecule has 0 N–H and O–H groups in total. The van der Waals surface area contributed by atoms with Gasteiger partial charge in [0.1, 0.15) is 5.71 Å². The highest BCUT2D eigenvalue weighted by Crippen LogP contribution is 2.19. The summed E-state index contributed by atoms with van der Waals surface area (Å²) >= 11 is -0.181. The maximum Gasteiger partial charge on any atom is 0.358 e. The molecule has 1 aliphatic heterocycles. The first-order valence-electron chi connectivity index (χ1n) is 4.86. The van der Waals surface area contributed by atoms with Crippen LogP contribution in [0.2, 0.25) is 0 Å². The lowest BCUT2D eigenvalue weighted by molar-refractivity contribution is -0.137. The molecular formula is C10H13N3O3S2. The second-order valence-corrected chi connectivity index (χ2v) is 5.20. The van der Waals surface area contributed by atoms with E-state index in [1.54, 1.807) is 17.7 Å². The molecule has 0 aliphatic carbocycles. The highest BCUT2D eigenvalue weighted by molar-refractivity contribution is 8.02. The lowest BCUT2D eigenvalue weighted by Crippen LogP contribution is -2.34. The number of likely N-dealkylation sites (N-methyl/N-ethyl adjacent to an activating group) is 1. The van der Waals surface area contributed by atoms with Gasteiger partial charge in [-0.1, -0.05) is 0 Å². The van der Waals surface area contributed by atoms with Crippen LogP contribution in [0.5, 0.6) is 0 Å². The SMILES string of the molecule is C=N/C=C\SCC1=N[S+]([O-])N(C)C(C(=O)OC)=C1. The Morgan fingerprint density at radius 1 is 1.83 bits per heavy atom. The summed E-state index contributed by atoms with van der Waals surface area (Å²) < 4.78 is 21.5. The summed E-state index contributed by atoms with van der Waals surface area (Å²) in [5.74, 6) is -0.0434. The minimum absolute atomic E-state index is 0.229. The van der Waals surface area contributed by atoms with Gasteiger partial charge < -0.3 is 9.29 Å². The summed E-state index contributed by atoms with van der Waals surface area (Å²) in [7, 11) is 2.80. The van der Waals surface area contributed by atoms with Crippen LogP contribution in [-0.2, 0) is 21.1 Å². The quantitative estimate of drug-likeness (QED) is 0.427. The topological polar surface area (TPSA) is 77.3 Å². The molecule has 0 saturated carbocycles. The Kier molecular flexibility index (Phi) is 5.96. The maximum absolute atomic E-state index is 11.7. The van der Waals surface area contributed by atoms with Crippen LogP contribution < -0.4 is 0 Å². The standard InChI is InChI=1S/C10H13N3O3S2/c1-11-4-5-17-7-8-6-9(10(14)16-3)13(2)18(15)12-8/h4-6H,1,7H2,2-3H3/b5-4-. The van der Waals surface area contributed by atoms with Gasteiger partial charge in [0.25, 0.3) is 0 Å². The van der Waals surface area contributed by atoms with Crippen molar-refractivity contribution < 1.29 is 14.1 Å². The van der Waals surface area contributed by atoms with E-state index in [9.17, 15) is 9.35 Å². The molecule has 0 radical (unpaired) electrons. The highest BCUT2D eigenvalue weighted by atomic mass is 32.2. The molecule has 0 amide bonds. The van der Waals surface area contributed by atoms with Crippen LogP contribution in [0.25, 0.3) is 0 Å². The fourth-order valence-electron chi connectivity index (χ4n) is 1.10. The molecule has 6 nitrogen and oxygen atoms in total. The molecule has 0 aromatic carbocycles. The van der Waals surface area contributed by atoms with E-state index in [0.29, 0.717) is 11.5 Å². The Morgan fingerprint density at radius 3 is 3.17 bits per heavy atom. The fraction of sp³-hybridized carbons (Fsp3) is 0.300. The van der Waals surface area contributed by atoms with Gasteiger partial charge in [0.05, 0.1) is 14.2 Å². The first-order valence-corrected chi connectivity index (χ1v) is 6.97. The van der Waals surface area contributed by atoms with E-state index >= 15 is 0 Å². The zero-order chi connectivity index (χ0) is 13.5. The molecule has 98 valence electrons. The van der Waals surface area contributed by atoms with Crippen molar-refractivity contribution in [3.05, 3.63) is 23.4 Å². The van der Waals surface area contributed by atoms with Crippen molar-refractivity contribution in [3.8, 4) is 0 Å². The van der Waals surface area contributed by atoms with Gasteiger partial charge >= 0.3 is 5.97 Å². The first-order chi connectivity index (χ1) is 8.60. The third-order valence-corrected chi connectivity index (χ3v) is 3.79. The number of carbonyl (C=O) groups excluding carboxylic acids is 1. The van der Waals surface area contributed by atoms with Gasteiger partial charge in [-0.15, -0.1) is 11.8 Å². The van der Waals surface area contributed by atoms with E-state index in [1.807, 2.05) is 0 Å². The molecule has 8 heteroatoms. The Balaban J connectivity index is 2.76. The Morgan fingerprint density at radius 2 is 2.56 bits per heavy atom. The van der Waals surface area contributed by atoms with E-state index in [1.165, 1.54) is 30.2 Å². The van der Waals surface area contributed by atoms with E-state index in [4.69, 9.17) is 0 Å². The van der Waals surface area contributed by atoms with Crippen LogP contribution >= 0.6 is 11.8 Å². The number of nitrogens with zero attached hydrogens (tertiary/aromatic N) is 3. The molecule has 18 heavy (non-hydrogen) atoms. The van der Waals surface area contributed by atoms with Crippen molar-refractivity contribution in [3.63, 3.8) is 0 Å². The smallest absolute Gasteiger partial charge is 0.358 e. The first kappa shape index (κ1) is 14.8. The number of hydrogen-bond acceptors (Lipinski definition) is 7. The zero-order valence-corrected chi connectivity index (χ0v) is 11.7. The third kappa shape index (κ3) is 3.90. The molecule has 0 aromatic heterocycles. The number of allylic oxidation sites excluding steroid dienone is 1. The summed E-state index contributed by atoms with van der Waals surface area (Å²) in [6, 6.07) is 0. The van der Waals surface area contributed by atoms with Crippen molar-refractivity contribution in [1.29, 1.82) is 0 Å². The molecule has 1 aliphatic rings. The molecule has 0 spiro atoms. The number of rotatable bonds is 5. The van der Waals surface area contributed by atoms with Crippen LogP contribution in [0, 0.1) is 0 Å². The van der Waals surface area contributed by atoms with Gasteiger partial charge in [0.2, 0.25) is 11.5 Å². The van der Waals surface area contributed by atoms with Gasteiger partial charge in [-0.25, -0.2) is 4.79 Å². The number of thioether (sulfide) groups is 1. The molecule has 0 aromatic rings. The minimum atomic E-state index is -1.60. The highest BCUT2D eigenvalue weighted by Gasteiger charge is 2.29. The molecule has 1 atom stereocenters. The lowest BCUT2D eigenvalue weighted by Gasteiger charge is -2.21. The molecule has 0 bridgehead atoms. The molecule has 1 heterocycles. The minimum Gasteiger partial charge on any atom is -0.566 e. The average molecular weight is 287 g/mol. The van der Waals surface area contributed by atoms with Gasteiger partial charge in [-0.3, -0.25) is 4.99 Å². The molecule has 1 rings (SSSR count). The second kappa shape index (κ2) is 7.24. The molecule has 0 fully saturated rings. The van der Waals surface area contributed by atoms with Gasteiger partial charge in [0.15, 0.2) is 5.70 Å². The Bertz CT molecular complexity index is 421. The number of carbonyl (C=O) groups is 1. The van der Waals surface area contributed by atoms with Crippen LogP contribution in [0.4, 0.5) is 0 Å². The van der Waals surface area contributed by atoms with Crippen molar-refractivity contribution in [1.82, 2.24) is 4.31 Å². The molecule has 1 unspecified atom stereocenters. The number of aliphatic imine (C=N–C) groups is 1. The number of methoxy groups -OCH3 is 1. The summed E-state index contributed by atoms with van der Waals surface area (Å²) in [6.45, 7) is 3.30. The van der Waals surface area contributed by atoms with Crippen LogP contribution in [0.15, 0.2) is 32.8 Å². The van der Waals surface area contributed by atoms with Gasteiger partial charge in [0, 0.05) is 18.0 Å². The van der Waals surface area contributed by atoms with E-state index < -0.39 is 17.5 Å².